The second-order valence-corrected chi connectivity index (χ2v) is 31.4. The van der Waals surface area contributed by atoms with E-state index in [1.165, 1.54) is 0 Å². The molecule has 0 aromatic heterocycles. The molecule has 0 aliphatic rings. The Balaban J connectivity index is 3.00. The molecule has 0 bridgehead atoms. The molecule has 1 aromatic rings. The zero-order valence-corrected chi connectivity index (χ0v) is 24.3. The lowest BCUT2D eigenvalue weighted by atomic mass is 10.2. The normalized spacial score (nSPS) is 14.1. The maximum atomic E-state index is 4.91. The molecule has 0 heterocycles. The van der Waals surface area contributed by atoms with Crippen LogP contribution in [0, 0.1) is 0 Å². The average molecular weight is 451 g/mol. The lowest BCUT2D eigenvalue weighted by Crippen LogP contribution is -2.55. The molecule has 28 heavy (non-hydrogen) atoms. The number of nitrogens with zero attached hydrogens (tertiary/aromatic N) is 4. The average Bonchev–Trinajstić information content (AvgIpc) is 2.43. The Kier molecular flexibility index (Phi) is 7.88. The van der Waals surface area contributed by atoms with E-state index in [0.717, 1.165) is 11.1 Å². The number of rotatable bonds is 8. The number of hydrogen-bond donors (Lipinski definition) is 0. The summed E-state index contributed by atoms with van der Waals surface area (Å²) in [5, 5.41) is 9.81. The van der Waals surface area contributed by atoms with Crippen molar-refractivity contribution >= 4 is 45.4 Å². The lowest BCUT2D eigenvalue weighted by Gasteiger charge is -2.41. The number of hydrogen-bond acceptors (Lipinski definition) is 4. The maximum absolute atomic E-state index is 4.91. The molecule has 0 amide bonds. The van der Waals surface area contributed by atoms with Crippen LogP contribution in [-0.4, -0.2) is 54.1 Å². The van der Waals surface area contributed by atoms with Crippen molar-refractivity contribution in [2.24, 2.45) is 10.2 Å². The van der Waals surface area contributed by atoms with Crippen molar-refractivity contribution in [1.82, 2.24) is 8.68 Å². The van der Waals surface area contributed by atoms with Gasteiger partial charge in [-0.25, -0.2) is 10.2 Å². The summed E-state index contributed by atoms with van der Waals surface area (Å²) < 4.78 is 4.88. The van der Waals surface area contributed by atoms with Gasteiger partial charge in [0, 0.05) is 0 Å². The minimum Gasteiger partial charge on any atom is -0.350 e. The van der Waals surface area contributed by atoms with E-state index in [2.05, 4.69) is 112 Å². The van der Waals surface area contributed by atoms with Crippen LogP contribution in [-0.2, 0) is 0 Å². The molecule has 0 radical (unpaired) electrons. The summed E-state index contributed by atoms with van der Waals surface area (Å²) in [5.74, 6) is 0. The van der Waals surface area contributed by atoms with E-state index in [4.69, 9.17) is 10.2 Å². The molecule has 158 valence electrons. The van der Waals surface area contributed by atoms with E-state index in [1.807, 2.05) is 12.4 Å². The summed E-state index contributed by atoms with van der Waals surface area (Å²) in [6.45, 7) is 28.4. The van der Waals surface area contributed by atoms with Gasteiger partial charge in [0.2, 0.25) is 0 Å². The summed E-state index contributed by atoms with van der Waals surface area (Å²) in [5.41, 5.74) is 2.29. The predicted octanol–water partition coefficient (Wildman–Crippen LogP) is 6.30. The maximum Gasteiger partial charge on any atom is 0.158 e. The molecule has 0 fully saturated rings. The van der Waals surface area contributed by atoms with Gasteiger partial charge in [-0.1, -0.05) is 103 Å². The van der Waals surface area contributed by atoms with Crippen LogP contribution in [0.4, 0.5) is 0 Å². The highest BCUT2D eigenvalue weighted by Gasteiger charge is 2.34. The topological polar surface area (TPSA) is 31.2 Å². The largest absolute Gasteiger partial charge is 0.350 e. The Morgan fingerprint density at radius 2 is 0.714 bits per heavy atom. The van der Waals surface area contributed by atoms with Crippen LogP contribution < -0.4 is 0 Å². The summed E-state index contributed by atoms with van der Waals surface area (Å²) in [6.07, 6.45) is 4.04. The lowest BCUT2D eigenvalue weighted by molar-refractivity contribution is 0.671. The Morgan fingerprint density at radius 1 is 0.500 bits per heavy atom. The third-order valence-corrected chi connectivity index (χ3v) is 17.7. The minimum atomic E-state index is -1.47. The third kappa shape index (κ3) is 7.80. The molecule has 1 aromatic carbocycles. The van der Waals surface area contributed by atoms with Crippen LogP contribution >= 0.6 is 0 Å². The van der Waals surface area contributed by atoms with Crippen LogP contribution in [0.5, 0.6) is 0 Å². The predicted molar refractivity (Wildman–Crippen MR) is 139 cm³/mol. The molecule has 0 saturated carbocycles. The summed E-state index contributed by atoms with van der Waals surface area (Å²) >= 11 is 0. The van der Waals surface area contributed by atoms with Gasteiger partial charge in [-0.15, -0.1) is 0 Å². The van der Waals surface area contributed by atoms with Gasteiger partial charge in [-0.3, -0.25) is 0 Å². The van der Waals surface area contributed by atoms with Gasteiger partial charge in [0.15, 0.2) is 32.9 Å². The molecule has 1 rings (SSSR count). The van der Waals surface area contributed by atoms with Crippen molar-refractivity contribution < 1.29 is 0 Å². The van der Waals surface area contributed by atoms with E-state index in [9.17, 15) is 0 Å². The van der Waals surface area contributed by atoms with Gasteiger partial charge in [0.25, 0.3) is 0 Å². The fourth-order valence-corrected chi connectivity index (χ4v) is 21.3. The second kappa shape index (κ2) is 8.81. The highest BCUT2D eigenvalue weighted by Crippen LogP contribution is 2.21. The number of hydrazone groups is 2. The van der Waals surface area contributed by atoms with Crippen molar-refractivity contribution in [2.75, 3.05) is 0 Å². The first-order valence-corrected chi connectivity index (χ1v) is 24.0. The molecule has 4 nitrogen and oxygen atoms in total. The van der Waals surface area contributed by atoms with Crippen molar-refractivity contribution in [3.05, 3.63) is 35.4 Å². The van der Waals surface area contributed by atoms with Crippen molar-refractivity contribution in [1.29, 1.82) is 0 Å². The molecule has 0 spiro atoms. The SMILES string of the molecule is C[Si](C)(C)N(N=Cc1ccc(C=NN([Si](C)(C)C)[Si](C)(C)C)cc1)[Si](C)(C)C. The fraction of sp³-hybridized carbons (Fsp3) is 0.600. The van der Waals surface area contributed by atoms with Gasteiger partial charge in [0.05, 0.1) is 12.4 Å². The van der Waals surface area contributed by atoms with Crippen LogP contribution in [0.3, 0.4) is 0 Å². The summed E-state index contributed by atoms with van der Waals surface area (Å²) in [6, 6.07) is 8.57. The van der Waals surface area contributed by atoms with Crippen LogP contribution in [0.1, 0.15) is 11.1 Å². The Hall–Kier alpha value is -0.972. The van der Waals surface area contributed by atoms with Gasteiger partial charge in [0.1, 0.15) is 0 Å². The first-order chi connectivity index (χ1) is 12.4. The molecular weight excluding hydrogens is 409 g/mol. The van der Waals surface area contributed by atoms with E-state index in [-0.39, 0.29) is 0 Å². The Bertz CT molecular complexity index is 598. The molecule has 0 atom stereocenters. The van der Waals surface area contributed by atoms with E-state index >= 15 is 0 Å². The second-order valence-electron chi connectivity index (χ2n) is 11.5. The van der Waals surface area contributed by atoms with E-state index in [0.29, 0.717) is 0 Å². The minimum absolute atomic E-state index is 1.14. The highest BCUT2D eigenvalue weighted by atomic mass is 28.4. The first kappa shape index (κ1) is 25.1. The third-order valence-electron chi connectivity index (χ3n) is 4.12. The molecule has 0 aliphatic heterocycles. The van der Waals surface area contributed by atoms with E-state index < -0.39 is 32.9 Å². The quantitative estimate of drug-likeness (QED) is 0.264. The molecule has 0 unspecified atom stereocenters. The molecule has 8 heteroatoms. The zero-order chi connectivity index (χ0) is 22.0. The molecule has 0 saturated heterocycles. The van der Waals surface area contributed by atoms with Crippen LogP contribution in [0.2, 0.25) is 78.6 Å². The fourth-order valence-electron chi connectivity index (χ4n) is 3.62. The van der Waals surface area contributed by atoms with Crippen molar-refractivity contribution in [3.8, 4) is 0 Å². The van der Waals surface area contributed by atoms with Gasteiger partial charge in [-0.2, -0.15) is 0 Å². The van der Waals surface area contributed by atoms with E-state index in [1.54, 1.807) is 0 Å². The monoisotopic (exact) mass is 450 g/mol. The van der Waals surface area contributed by atoms with Gasteiger partial charge < -0.3 is 8.68 Å². The highest BCUT2D eigenvalue weighted by molar-refractivity contribution is 6.90. The number of benzene rings is 1. The Morgan fingerprint density at radius 3 is 0.893 bits per heavy atom. The van der Waals surface area contributed by atoms with Crippen molar-refractivity contribution in [3.63, 3.8) is 0 Å². The molecule has 0 aliphatic carbocycles. The summed E-state index contributed by atoms with van der Waals surface area (Å²) in [4.78, 5) is 0. The van der Waals surface area contributed by atoms with Crippen LogP contribution in [0.25, 0.3) is 0 Å². The van der Waals surface area contributed by atoms with Gasteiger partial charge >= 0.3 is 0 Å². The molecular formula is C20H42N4Si4. The van der Waals surface area contributed by atoms with Crippen LogP contribution in [0.15, 0.2) is 34.5 Å². The summed E-state index contributed by atoms with van der Waals surface area (Å²) in [7, 11) is -5.88. The first-order valence-electron chi connectivity index (χ1n) is 10.2. The van der Waals surface area contributed by atoms with Gasteiger partial charge in [-0.05, 0) is 11.1 Å². The zero-order valence-electron chi connectivity index (χ0n) is 20.3. The standard InChI is InChI=1S/C20H42N4Si4/c1-25(2,3)23(26(4,5)6)21-17-19-13-15-20(16-14-19)18-22-24(27(7,8)9)28(10,11)12/h13-18H,1-12H3. The molecule has 0 N–H and O–H groups in total. The Labute approximate surface area is 178 Å². The smallest absolute Gasteiger partial charge is 0.158 e. The van der Waals surface area contributed by atoms with Crippen molar-refractivity contribution in [2.45, 2.75) is 78.6 Å².